The highest BCUT2D eigenvalue weighted by atomic mass is 79.9. The largest absolute Gasteiger partial charge is 0.259 e. The Morgan fingerprint density at radius 1 is 1.10 bits per heavy atom. The van der Waals surface area contributed by atoms with Crippen molar-refractivity contribution in [2.24, 2.45) is 5.10 Å². The maximum atomic E-state index is 4.39. The topological polar surface area (TPSA) is 50.2 Å². The molecule has 0 unspecified atom stereocenters. The number of fused-ring (bicyclic) bond motifs is 1. The number of hydrogen-bond donors (Lipinski definition) is 1. The molecule has 2 aromatic carbocycles. The number of aromatic nitrogens is 2. The molecule has 3 aromatic rings. The van der Waals surface area contributed by atoms with Gasteiger partial charge in [0.25, 0.3) is 0 Å². The maximum Gasteiger partial charge on any atom is 0.176 e. The number of anilines is 1. The number of halogens is 1. The first-order valence-corrected chi connectivity index (χ1v) is 7.30. The summed E-state index contributed by atoms with van der Waals surface area (Å²) in [5.74, 6) is 0.657. The first-order valence-electron chi connectivity index (χ1n) is 6.51. The van der Waals surface area contributed by atoms with Gasteiger partial charge in [0.05, 0.1) is 11.9 Å². The molecular weight excluding hydrogens is 328 g/mol. The average Bonchev–Trinajstić information content (AvgIpc) is 2.53. The normalized spacial score (nSPS) is 11.6. The number of nitrogens with one attached hydrogen (secondary N) is 1. The smallest absolute Gasteiger partial charge is 0.176 e. The van der Waals surface area contributed by atoms with E-state index in [0.717, 1.165) is 26.5 Å². The number of hydrazone groups is 1. The Kier molecular flexibility index (Phi) is 3.92. The van der Waals surface area contributed by atoms with Gasteiger partial charge in [-0.1, -0.05) is 52.3 Å². The molecule has 0 spiro atoms. The zero-order valence-corrected chi connectivity index (χ0v) is 13.0. The Bertz CT molecular complexity index is 791. The van der Waals surface area contributed by atoms with Crippen molar-refractivity contribution in [1.29, 1.82) is 0 Å². The third kappa shape index (κ3) is 3.08. The van der Waals surface area contributed by atoms with Gasteiger partial charge < -0.3 is 0 Å². The molecule has 0 amide bonds. The van der Waals surface area contributed by atoms with Gasteiger partial charge in [-0.05, 0) is 24.6 Å². The van der Waals surface area contributed by atoms with Crippen molar-refractivity contribution < 1.29 is 0 Å². The molecule has 0 fully saturated rings. The van der Waals surface area contributed by atoms with Crippen LogP contribution in [0.25, 0.3) is 10.8 Å². The molecule has 0 aliphatic carbocycles. The molecule has 1 heterocycles. The van der Waals surface area contributed by atoms with E-state index in [2.05, 4.69) is 36.7 Å². The van der Waals surface area contributed by atoms with Crippen LogP contribution < -0.4 is 5.43 Å². The van der Waals surface area contributed by atoms with Gasteiger partial charge in [0.1, 0.15) is 0 Å². The van der Waals surface area contributed by atoms with E-state index in [9.17, 15) is 0 Å². The van der Waals surface area contributed by atoms with Crippen LogP contribution in [0.15, 0.2) is 64.3 Å². The fourth-order valence-electron chi connectivity index (χ4n) is 2.00. The van der Waals surface area contributed by atoms with Crippen LogP contribution in [0, 0.1) is 0 Å². The molecule has 0 saturated heterocycles. The molecule has 0 radical (unpaired) electrons. The SMILES string of the molecule is CC(=NNc1nncc2ccccc12)c1ccc(Br)cc1. The van der Waals surface area contributed by atoms with Gasteiger partial charge in [0.2, 0.25) is 0 Å². The van der Waals surface area contributed by atoms with Crippen molar-refractivity contribution >= 4 is 38.2 Å². The van der Waals surface area contributed by atoms with Gasteiger partial charge in [-0.3, -0.25) is 5.43 Å². The number of benzene rings is 2. The second-order valence-corrected chi connectivity index (χ2v) is 5.51. The first-order chi connectivity index (χ1) is 10.2. The lowest BCUT2D eigenvalue weighted by Crippen LogP contribution is -2.01. The van der Waals surface area contributed by atoms with Crippen LogP contribution in [-0.2, 0) is 0 Å². The van der Waals surface area contributed by atoms with E-state index in [4.69, 9.17) is 0 Å². The van der Waals surface area contributed by atoms with E-state index in [0.29, 0.717) is 5.82 Å². The minimum Gasteiger partial charge on any atom is -0.259 e. The molecule has 5 heteroatoms. The molecule has 0 aliphatic heterocycles. The number of rotatable bonds is 3. The van der Waals surface area contributed by atoms with Crippen molar-refractivity contribution in [2.45, 2.75) is 6.92 Å². The summed E-state index contributed by atoms with van der Waals surface area (Å²) >= 11 is 3.42. The molecule has 0 saturated carbocycles. The van der Waals surface area contributed by atoms with Crippen LogP contribution in [-0.4, -0.2) is 15.9 Å². The quantitative estimate of drug-likeness (QED) is 0.573. The Hall–Kier alpha value is -2.27. The Balaban J connectivity index is 1.88. The molecule has 104 valence electrons. The van der Waals surface area contributed by atoms with E-state index in [1.54, 1.807) is 6.20 Å². The minimum atomic E-state index is 0.657. The molecule has 0 aliphatic rings. The van der Waals surface area contributed by atoms with Gasteiger partial charge in [0.15, 0.2) is 5.82 Å². The number of nitrogens with zero attached hydrogens (tertiary/aromatic N) is 3. The van der Waals surface area contributed by atoms with E-state index in [1.165, 1.54) is 0 Å². The van der Waals surface area contributed by atoms with E-state index in [1.807, 2.05) is 55.5 Å². The second-order valence-electron chi connectivity index (χ2n) is 4.60. The highest BCUT2D eigenvalue weighted by molar-refractivity contribution is 9.10. The summed E-state index contributed by atoms with van der Waals surface area (Å²) in [5, 5.41) is 14.5. The number of hydrogen-bond acceptors (Lipinski definition) is 4. The van der Waals surface area contributed by atoms with E-state index >= 15 is 0 Å². The highest BCUT2D eigenvalue weighted by Crippen LogP contribution is 2.19. The van der Waals surface area contributed by atoms with Gasteiger partial charge in [-0.15, -0.1) is 5.10 Å². The highest BCUT2D eigenvalue weighted by Gasteiger charge is 2.02. The Morgan fingerprint density at radius 3 is 2.67 bits per heavy atom. The standard InChI is InChI=1S/C16H13BrN4/c1-11(12-6-8-14(17)9-7-12)19-21-16-15-5-3-2-4-13(15)10-18-20-16/h2-10H,1H3,(H,20,21). The van der Waals surface area contributed by atoms with Crippen LogP contribution in [0.1, 0.15) is 12.5 Å². The van der Waals surface area contributed by atoms with Gasteiger partial charge in [0, 0.05) is 15.2 Å². The third-order valence-corrected chi connectivity index (χ3v) is 3.69. The molecule has 0 bridgehead atoms. The van der Waals surface area contributed by atoms with E-state index in [-0.39, 0.29) is 0 Å². The monoisotopic (exact) mass is 340 g/mol. The first kappa shape index (κ1) is 13.7. The second kappa shape index (κ2) is 6.01. The molecule has 1 aromatic heterocycles. The Morgan fingerprint density at radius 2 is 1.86 bits per heavy atom. The van der Waals surface area contributed by atoms with Crippen LogP contribution >= 0.6 is 15.9 Å². The zero-order valence-electron chi connectivity index (χ0n) is 11.4. The molecule has 0 atom stereocenters. The molecule has 4 nitrogen and oxygen atoms in total. The predicted molar refractivity (Wildman–Crippen MR) is 89.5 cm³/mol. The van der Waals surface area contributed by atoms with Gasteiger partial charge in [-0.25, -0.2) is 0 Å². The summed E-state index contributed by atoms with van der Waals surface area (Å²) in [6.45, 7) is 1.95. The predicted octanol–water partition coefficient (Wildman–Crippen LogP) is 4.23. The lowest BCUT2D eigenvalue weighted by atomic mass is 10.1. The summed E-state index contributed by atoms with van der Waals surface area (Å²) in [7, 11) is 0. The lowest BCUT2D eigenvalue weighted by Gasteiger charge is -2.05. The average molecular weight is 341 g/mol. The van der Waals surface area contributed by atoms with E-state index < -0.39 is 0 Å². The zero-order chi connectivity index (χ0) is 14.7. The van der Waals surface area contributed by atoms with Crippen molar-refractivity contribution in [3.05, 3.63) is 64.8 Å². The summed E-state index contributed by atoms with van der Waals surface area (Å²) in [6.07, 6.45) is 1.74. The molecule has 3 rings (SSSR count). The third-order valence-electron chi connectivity index (χ3n) is 3.16. The maximum absolute atomic E-state index is 4.39. The van der Waals surface area contributed by atoms with Crippen molar-refractivity contribution in [3.8, 4) is 0 Å². The fourth-order valence-corrected chi connectivity index (χ4v) is 2.27. The van der Waals surface area contributed by atoms with Crippen molar-refractivity contribution in [1.82, 2.24) is 10.2 Å². The molecular formula is C16H13BrN4. The summed E-state index contributed by atoms with van der Waals surface area (Å²) in [6, 6.07) is 16.0. The van der Waals surface area contributed by atoms with Crippen molar-refractivity contribution in [3.63, 3.8) is 0 Å². The molecule has 1 N–H and O–H groups in total. The van der Waals surface area contributed by atoms with Crippen LogP contribution in [0.5, 0.6) is 0 Å². The van der Waals surface area contributed by atoms with Gasteiger partial charge >= 0.3 is 0 Å². The fraction of sp³-hybridized carbons (Fsp3) is 0.0625. The van der Waals surface area contributed by atoms with Crippen LogP contribution in [0.2, 0.25) is 0 Å². The Labute approximate surface area is 131 Å². The minimum absolute atomic E-state index is 0.657. The summed E-state index contributed by atoms with van der Waals surface area (Å²) in [5.41, 5.74) is 4.94. The summed E-state index contributed by atoms with van der Waals surface area (Å²) in [4.78, 5) is 0. The van der Waals surface area contributed by atoms with Crippen LogP contribution in [0.4, 0.5) is 5.82 Å². The lowest BCUT2D eigenvalue weighted by molar-refractivity contribution is 1.04. The van der Waals surface area contributed by atoms with Gasteiger partial charge in [-0.2, -0.15) is 10.2 Å². The molecule has 21 heavy (non-hydrogen) atoms. The van der Waals surface area contributed by atoms with Crippen LogP contribution in [0.3, 0.4) is 0 Å². The van der Waals surface area contributed by atoms with Crippen molar-refractivity contribution in [2.75, 3.05) is 5.43 Å². The summed E-state index contributed by atoms with van der Waals surface area (Å²) < 4.78 is 1.05.